The number of benzene rings is 1. The summed E-state index contributed by atoms with van der Waals surface area (Å²) in [7, 11) is 0. The number of hydrogen-bond acceptors (Lipinski definition) is 2. The highest BCUT2D eigenvalue weighted by Crippen LogP contribution is 2.39. The van der Waals surface area contributed by atoms with Gasteiger partial charge in [0.2, 0.25) is 0 Å². The molecule has 1 aromatic carbocycles. The van der Waals surface area contributed by atoms with Gasteiger partial charge in [-0.1, -0.05) is 18.2 Å². The molecule has 0 aliphatic rings. The van der Waals surface area contributed by atoms with E-state index in [1.807, 2.05) is 0 Å². The van der Waals surface area contributed by atoms with Gasteiger partial charge in [0.25, 0.3) is 0 Å². The number of rotatable bonds is 2. The number of hydrogen-bond donors (Lipinski definition) is 2. The minimum absolute atomic E-state index is 0.208. The van der Waals surface area contributed by atoms with E-state index in [0.717, 1.165) is 6.07 Å². The standard InChI is InChI=1S/C12H16F3NO/c1-10(2,16)11(3,17)8-6-4-5-7-9(8)12(13,14)15/h4-7,17H,16H2,1-3H3. The number of halogens is 3. The average molecular weight is 247 g/mol. The van der Waals surface area contributed by atoms with Crippen LogP contribution in [0, 0.1) is 0 Å². The number of nitrogens with two attached hydrogens (primary N) is 1. The molecule has 0 spiro atoms. The van der Waals surface area contributed by atoms with Crippen LogP contribution in [0.1, 0.15) is 31.9 Å². The van der Waals surface area contributed by atoms with Crippen molar-refractivity contribution >= 4 is 0 Å². The van der Waals surface area contributed by atoms with Crippen LogP contribution in [0.2, 0.25) is 0 Å². The molecule has 0 aromatic heterocycles. The van der Waals surface area contributed by atoms with Crippen molar-refractivity contribution in [3.8, 4) is 0 Å². The Bertz CT molecular complexity index is 405. The molecule has 2 nitrogen and oxygen atoms in total. The number of alkyl halides is 3. The first-order valence-electron chi connectivity index (χ1n) is 5.16. The summed E-state index contributed by atoms with van der Waals surface area (Å²) in [6.45, 7) is 4.26. The Morgan fingerprint density at radius 2 is 1.41 bits per heavy atom. The largest absolute Gasteiger partial charge is 0.416 e. The van der Waals surface area contributed by atoms with Gasteiger partial charge in [-0.05, 0) is 32.4 Å². The molecule has 1 atom stereocenters. The van der Waals surface area contributed by atoms with E-state index < -0.39 is 22.9 Å². The molecule has 0 fully saturated rings. The van der Waals surface area contributed by atoms with Crippen molar-refractivity contribution in [2.24, 2.45) is 5.73 Å². The van der Waals surface area contributed by atoms with Crippen molar-refractivity contribution in [3.63, 3.8) is 0 Å². The van der Waals surface area contributed by atoms with Gasteiger partial charge in [0.05, 0.1) is 5.56 Å². The number of aliphatic hydroxyl groups is 1. The van der Waals surface area contributed by atoms with Crippen molar-refractivity contribution in [1.29, 1.82) is 0 Å². The van der Waals surface area contributed by atoms with Gasteiger partial charge in [-0.2, -0.15) is 13.2 Å². The summed E-state index contributed by atoms with van der Waals surface area (Å²) in [4.78, 5) is 0. The van der Waals surface area contributed by atoms with Gasteiger partial charge in [0.15, 0.2) is 0 Å². The van der Waals surface area contributed by atoms with Crippen LogP contribution in [-0.2, 0) is 11.8 Å². The van der Waals surface area contributed by atoms with E-state index in [4.69, 9.17) is 5.73 Å². The fourth-order valence-corrected chi connectivity index (χ4v) is 1.50. The second-order valence-electron chi connectivity index (χ2n) is 4.84. The van der Waals surface area contributed by atoms with Crippen LogP contribution < -0.4 is 5.73 Å². The first kappa shape index (κ1) is 14.0. The highest BCUT2D eigenvalue weighted by atomic mass is 19.4. The van der Waals surface area contributed by atoms with Crippen molar-refractivity contribution in [2.45, 2.75) is 38.1 Å². The van der Waals surface area contributed by atoms with E-state index >= 15 is 0 Å². The molecule has 5 heteroatoms. The SMILES string of the molecule is CC(C)(N)C(C)(O)c1ccccc1C(F)(F)F. The third-order valence-corrected chi connectivity index (χ3v) is 3.01. The van der Waals surface area contributed by atoms with E-state index in [1.54, 1.807) is 0 Å². The van der Waals surface area contributed by atoms with E-state index in [1.165, 1.54) is 39.0 Å². The van der Waals surface area contributed by atoms with E-state index in [2.05, 4.69) is 0 Å². The molecule has 3 N–H and O–H groups in total. The van der Waals surface area contributed by atoms with Gasteiger partial charge in [0, 0.05) is 5.54 Å². The lowest BCUT2D eigenvalue weighted by Crippen LogP contribution is -2.52. The lowest BCUT2D eigenvalue weighted by atomic mass is 9.77. The Morgan fingerprint density at radius 1 is 1.00 bits per heavy atom. The summed E-state index contributed by atoms with van der Waals surface area (Å²) in [5.74, 6) is 0. The summed E-state index contributed by atoms with van der Waals surface area (Å²) >= 11 is 0. The van der Waals surface area contributed by atoms with E-state index in [9.17, 15) is 18.3 Å². The molecule has 1 rings (SSSR count). The predicted molar refractivity (Wildman–Crippen MR) is 59.3 cm³/mol. The monoisotopic (exact) mass is 247 g/mol. The molecule has 1 unspecified atom stereocenters. The lowest BCUT2D eigenvalue weighted by Gasteiger charge is -2.38. The zero-order valence-corrected chi connectivity index (χ0v) is 9.97. The fraction of sp³-hybridized carbons (Fsp3) is 0.500. The summed E-state index contributed by atoms with van der Waals surface area (Å²) in [6.07, 6.45) is -4.51. The maximum atomic E-state index is 12.8. The first-order chi connectivity index (χ1) is 7.48. The Labute approximate surface area is 98.3 Å². The Hall–Kier alpha value is -1.07. The molecule has 0 amide bonds. The molecule has 17 heavy (non-hydrogen) atoms. The van der Waals surface area contributed by atoms with Crippen LogP contribution in [0.15, 0.2) is 24.3 Å². The molecule has 0 aliphatic carbocycles. The van der Waals surface area contributed by atoms with Gasteiger partial charge in [-0.25, -0.2) is 0 Å². The molecule has 0 aliphatic heterocycles. The molecular weight excluding hydrogens is 231 g/mol. The van der Waals surface area contributed by atoms with Gasteiger partial charge in [0.1, 0.15) is 5.60 Å². The van der Waals surface area contributed by atoms with Crippen molar-refractivity contribution < 1.29 is 18.3 Å². The zero-order chi connectivity index (χ0) is 13.5. The van der Waals surface area contributed by atoms with Crippen LogP contribution >= 0.6 is 0 Å². The Kier molecular flexibility index (Phi) is 3.29. The van der Waals surface area contributed by atoms with Gasteiger partial charge >= 0.3 is 6.18 Å². The zero-order valence-electron chi connectivity index (χ0n) is 9.97. The van der Waals surface area contributed by atoms with Crippen LogP contribution in [0.4, 0.5) is 13.2 Å². The maximum Gasteiger partial charge on any atom is 0.416 e. The second kappa shape index (κ2) is 3.99. The summed E-state index contributed by atoms with van der Waals surface area (Å²) in [5.41, 5.74) is 1.72. The molecule has 0 bridgehead atoms. The predicted octanol–water partition coefficient (Wildman–Crippen LogP) is 2.65. The molecule has 1 aromatic rings. The quantitative estimate of drug-likeness (QED) is 0.844. The van der Waals surface area contributed by atoms with Gasteiger partial charge in [-0.3, -0.25) is 0 Å². The van der Waals surface area contributed by atoms with Crippen molar-refractivity contribution in [3.05, 3.63) is 35.4 Å². The third kappa shape index (κ3) is 2.61. The summed E-state index contributed by atoms with van der Waals surface area (Å²) in [6, 6.07) is 4.92. The molecular formula is C12H16F3NO. The smallest absolute Gasteiger partial charge is 0.384 e. The van der Waals surface area contributed by atoms with E-state index in [-0.39, 0.29) is 5.56 Å². The van der Waals surface area contributed by atoms with Crippen LogP contribution in [-0.4, -0.2) is 10.6 Å². The summed E-state index contributed by atoms with van der Waals surface area (Å²) in [5, 5.41) is 10.2. The minimum atomic E-state index is -4.51. The molecule has 96 valence electrons. The van der Waals surface area contributed by atoms with Crippen LogP contribution in [0.5, 0.6) is 0 Å². The van der Waals surface area contributed by atoms with Crippen molar-refractivity contribution in [2.75, 3.05) is 0 Å². The Balaban J connectivity index is 3.43. The summed E-state index contributed by atoms with van der Waals surface area (Å²) < 4.78 is 38.4. The molecule has 0 heterocycles. The normalized spacial score (nSPS) is 16.7. The highest BCUT2D eigenvalue weighted by molar-refractivity contribution is 5.36. The maximum absolute atomic E-state index is 12.8. The van der Waals surface area contributed by atoms with Gasteiger partial charge in [-0.15, -0.1) is 0 Å². The second-order valence-corrected chi connectivity index (χ2v) is 4.84. The van der Waals surface area contributed by atoms with Crippen molar-refractivity contribution in [1.82, 2.24) is 0 Å². The van der Waals surface area contributed by atoms with Crippen LogP contribution in [0.25, 0.3) is 0 Å². The molecule has 0 saturated carbocycles. The lowest BCUT2D eigenvalue weighted by molar-refractivity contribution is -0.141. The molecule has 0 radical (unpaired) electrons. The average Bonchev–Trinajstić information content (AvgIpc) is 2.14. The molecule has 0 saturated heterocycles. The third-order valence-electron chi connectivity index (χ3n) is 3.01. The Morgan fingerprint density at radius 3 is 1.76 bits per heavy atom. The van der Waals surface area contributed by atoms with Gasteiger partial charge < -0.3 is 10.8 Å². The highest BCUT2D eigenvalue weighted by Gasteiger charge is 2.44. The topological polar surface area (TPSA) is 46.2 Å². The van der Waals surface area contributed by atoms with Crippen LogP contribution in [0.3, 0.4) is 0 Å². The first-order valence-corrected chi connectivity index (χ1v) is 5.16. The van der Waals surface area contributed by atoms with E-state index in [0.29, 0.717) is 0 Å². The fourth-order valence-electron chi connectivity index (χ4n) is 1.50. The minimum Gasteiger partial charge on any atom is -0.384 e.